The zero-order valence-corrected chi connectivity index (χ0v) is 8.21. The first-order valence-corrected chi connectivity index (χ1v) is 4.24. The van der Waals surface area contributed by atoms with Gasteiger partial charge in [0.25, 0.3) is 5.69 Å². The maximum atomic E-state index is 10.6. The van der Waals surface area contributed by atoms with Crippen molar-refractivity contribution in [2.24, 2.45) is 0 Å². The molecule has 5 heteroatoms. The number of hydrogen-bond acceptors (Lipinski definition) is 3. The fraction of sp³-hybridized carbons (Fsp3) is 0.222. The summed E-state index contributed by atoms with van der Waals surface area (Å²) >= 11 is 5.74. The van der Waals surface area contributed by atoms with Crippen molar-refractivity contribution in [1.29, 1.82) is 5.26 Å². The van der Waals surface area contributed by atoms with E-state index in [1.165, 1.54) is 6.07 Å². The summed E-state index contributed by atoms with van der Waals surface area (Å²) in [5.41, 5.74) is 1.05. The number of rotatable bonds is 2. The molecule has 0 N–H and O–H groups in total. The highest BCUT2D eigenvalue weighted by Gasteiger charge is 2.15. The summed E-state index contributed by atoms with van der Waals surface area (Å²) in [6.45, 7) is 1.74. The quantitative estimate of drug-likeness (QED) is 0.557. The van der Waals surface area contributed by atoms with Crippen LogP contribution >= 0.6 is 11.6 Å². The van der Waals surface area contributed by atoms with Gasteiger partial charge in [0.05, 0.1) is 22.4 Å². The monoisotopic (exact) mass is 210 g/mol. The molecule has 1 aromatic rings. The molecule has 0 saturated heterocycles. The van der Waals surface area contributed by atoms with Gasteiger partial charge in [0, 0.05) is 11.6 Å². The van der Waals surface area contributed by atoms with Crippen LogP contribution in [0.1, 0.15) is 11.1 Å². The van der Waals surface area contributed by atoms with E-state index in [1.54, 1.807) is 13.0 Å². The highest BCUT2D eigenvalue weighted by molar-refractivity contribution is 6.31. The van der Waals surface area contributed by atoms with E-state index in [0.29, 0.717) is 10.6 Å². The Hall–Kier alpha value is -1.60. The van der Waals surface area contributed by atoms with Gasteiger partial charge in [-0.15, -0.1) is 0 Å². The third-order valence-electron chi connectivity index (χ3n) is 1.83. The first-order valence-electron chi connectivity index (χ1n) is 3.86. The molecular weight excluding hydrogens is 204 g/mol. The molecule has 0 fully saturated rings. The largest absolute Gasteiger partial charge is 0.275 e. The summed E-state index contributed by atoms with van der Waals surface area (Å²) in [4.78, 5) is 10.1. The van der Waals surface area contributed by atoms with E-state index in [2.05, 4.69) is 0 Å². The maximum absolute atomic E-state index is 10.6. The van der Waals surface area contributed by atoms with Crippen molar-refractivity contribution in [1.82, 2.24) is 0 Å². The van der Waals surface area contributed by atoms with Crippen molar-refractivity contribution in [3.8, 4) is 6.07 Å². The summed E-state index contributed by atoms with van der Waals surface area (Å²) in [5, 5.41) is 19.4. The third-order valence-corrected chi connectivity index (χ3v) is 2.23. The molecule has 1 rings (SSSR count). The van der Waals surface area contributed by atoms with Crippen LogP contribution in [-0.2, 0) is 6.42 Å². The maximum Gasteiger partial charge on any atom is 0.275 e. The van der Waals surface area contributed by atoms with Gasteiger partial charge in [0.1, 0.15) is 0 Å². The smallest absolute Gasteiger partial charge is 0.258 e. The molecule has 0 spiro atoms. The molecule has 0 heterocycles. The fourth-order valence-electron chi connectivity index (χ4n) is 1.13. The number of nitro benzene ring substituents is 1. The minimum atomic E-state index is -0.530. The molecule has 14 heavy (non-hydrogen) atoms. The van der Waals surface area contributed by atoms with Gasteiger partial charge in [-0.3, -0.25) is 10.1 Å². The van der Waals surface area contributed by atoms with Crippen molar-refractivity contribution in [2.45, 2.75) is 13.3 Å². The van der Waals surface area contributed by atoms with Crippen LogP contribution in [0.3, 0.4) is 0 Å². The number of benzene rings is 1. The average Bonchev–Trinajstić information content (AvgIpc) is 2.11. The van der Waals surface area contributed by atoms with Crippen LogP contribution in [-0.4, -0.2) is 4.92 Å². The molecule has 0 aliphatic heterocycles. The van der Waals surface area contributed by atoms with Crippen LogP contribution in [0.4, 0.5) is 5.69 Å². The average molecular weight is 211 g/mol. The second-order valence-electron chi connectivity index (χ2n) is 2.82. The molecule has 0 saturated carbocycles. The lowest BCUT2D eigenvalue weighted by Crippen LogP contribution is -1.96. The van der Waals surface area contributed by atoms with E-state index in [9.17, 15) is 10.1 Å². The number of nitriles is 1. The summed E-state index contributed by atoms with van der Waals surface area (Å²) in [5.74, 6) is 0. The van der Waals surface area contributed by atoms with Crippen LogP contribution in [0.25, 0.3) is 0 Å². The van der Waals surface area contributed by atoms with E-state index < -0.39 is 4.92 Å². The molecule has 0 aliphatic carbocycles. The minimum Gasteiger partial charge on any atom is -0.258 e. The van der Waals surface area contributed by atoms with Crippen LogP contribution in [0.15, 0.2) is 12.1 Å². The Morgan fingerprint density at radius 1 is 1.64 bits per heavy atom. The molecule has 1 aromatic carbocycles. The van der Waals surface area contributed by atoms with Crippen LogP contribution in [0.5, 0.6) is 0 Å². The Balaban J connectivity index is 3.32. The molecule has 0 atom stereocenters. The Bertz CT molecular complexity index is 424. The van der Waals surface area contributed by atoms with Crippen molar-refractivity contribution < 1.29 is 4.92 Å². The Morgan fingerprint density at radius 2 is 2.29 bits per heavy atom. The van der Waals surface area contributed by atoms with Gasteiger partial charge in [0.2, 0.25) is 0 Å². The Morgan fingerprint density at radius 3 is 2.79 bits per heavy atom. The van der Waals surface area contributed by atoms with Gasteiger partial charge in [-0.2, -0.15) is 5.26 Å². The number of aryl methyl sites for hydroxylation is 1. The summed E-state index contributed by atoms with van der Waals surface area (Å²) in [7, 11) is 0. The van der Waals surface area contributed by atoms with Gasteiger partial charge in [0.15, 0.2) is 0 Å². The number of hydrogen-bond donors (Lipinski definition) is 0. The topological polar surface area (TPSA) is 66.9 Å². The molecule has 0 aromatic heterocycles. The van der Waals surface area contributed by atoms with Crippen molar-refractivity contribution in [2.75, 3.05) is 0 Å². The molecule has 72 valence electrons. The van der Waals surface area contributed by atoms with E-state index >= 15 is 0 Å². The van der Waals surface area contributed by atoms with E-state index in [1.807, 2.05) is 6.07 Å². The Kier molecular flexibility index (Phi) is 3.05. The zero-order chi connectivity index (χ0) is 10.7. The molecule has 4 nitrogen and oxygen atoms in total. The second-order valence-corrected chi connectivity index (χ2v) is 3.23. The van der Waals surface area contributed by atoms with Gasteiger partial charge in [-0.1, -0.05) is 11.6 Å². The van der Waals surface area contributed by atoms with Gasteiger partial charge in [-0.25, -0.2) is 0 Å². The number of halogens is 1. The number of nitro groups is 1. The molecular formula is C9H7ClN2O2. The van der Waals surface area contributed by atoms with Gasteiger partial charge >= 0.3 is 0 Å². The standard InChI is InChI=1S/C9H7ClN2O2/c1-6-4-7(2-3-11)9(12(13)14)5-8(6)10/h4-5H,2H2,1H3. The molecule has 0 radical (unpaired) electrons. The normalized spacial score (nSPS) is 9.50. The highest BCUT2D eigenvalue weighted by atomic mass is 35.5. The second kappa shape index (κ2) is 4.07. The summed E-state index contributed by atoms with van der Waals surface area (Å²) < 4.78 is 0. The summed E-state index contributed by atoms with van der Waals surface area (Å²) in [6, 6.07) is 4.73. The predicted molar refractivity (Wildman–Crippen MR) is 52.2 cm³/mol. The minimum absolute atomic E-state index is 0.0221. The van der Waals surface area contributed by atoms with Crippen LogP contribution in [0, 0.1) is 28.4 Å². The van der Waals surface area contributed by atoms with Gasteiger partial charge in [-0.05, 0) is 18.6 Å². The van der Waals surface area contributed by atoms with Gasteiger partial charge < -0.3 is 0 Å². The van der Waals surface area contributed by atoms with E-state index in [0.717, 1.165) is 5.56 Å². The van der Waals surface area contributed by atoms with Crippen LogP contribution in [0.2, 0.25) is 5.02 Å². The van der Waals surface area contributed by atoms with Crippen molar-refractivity contribution >= 4 is 17.3 Å². The highest BCUT2D eigenvalue weighted by Crippen LogP contribution is 2.26. The van der Waals surface area contributed by atoms with Crippen molar-refractivity contribution in [3.05, 3.63) is 38.4 Å². The SMILES string of the molecule is Cc1cc(CC#N)c([N+](=O)[O-])cc1Cl. The molecule has 0 aliphatic rings. The lowest BCUT2D eigenvalue weighted by Gasteiger charge is -2.02. The predicted octanol–water partition coefficient (Wildman–Crippen LogP) is 2.62. The molecule has 0 unspecified atom stereocenters. The lowest BCUT2D eigenvalue weighted by atomic mass is 10.1. The first-order chi connectivity index (χ1) is 6.56. The van der Waals surface area contributed by atoms with Crippen molar-refractivity contribution in [3.63, 3.8) is 0 Å². The molecule has 0 amide bonds. The zero-order valence-electron chi connectivity index (χ0n) is 7.45. The third kappa shape index (κ3) is 2.01. The first kappa shape index (κ1) is 10.5. The van der Waals surface area contributed by atoms with E-state index in [-0.39, 0.29) is 12.1 Å². The molecule has 0 bridgehead atoms. The summed E-state index contributed by atoms with van der Waals surface area (Å²) in [6.07, 6.45) is 0.0221. The van der Waals surface area contributed by atoms with E-state index in [4.69, 9.17) is 16.9 Å². The van der Waals surface area contributed by atoms with Crippen LogP contribution < -0.4 is 0 Å². The fourth-order valence-corrected chi connectivity index (χ4v) is 1.29. The lowest BCUT2D eigenvalue weighted by molar-refractivity contribution is -0.385. The number of nitrogens with zero attached hydrogens (tertiary/aromatic N) is 2. The Labute approximate surface area is 85.9 Å².